The summed E-state index contributed by atoms with van der Waals surface area (Å²) in [6.45, 7) is 4.64. The monoisotopic (exact) mass is 366 g/mol. The van der Waals surface area contributed by atoms with Gasteiger partial charge < -0.3 is 14.7 Å². The molecule has 1 saturated heterocycles. The fourth-order valence-electron chi connectivity index (χ4n) is 4.12. The molecule has 4 rings (SSSR count). The molecule has 2 atom stereocenters. The third kappa shape index (κ3) is 2.85. The van der Waals surface area contributed by atoms with Crippen molar-refractivity contribution in [1.82, 2.24) is 9.88 Å². The predicted octanol–water partition coefficient (Wildman–Crippen LogP) is 2.48. The number of para-hydroxylation sites is 1. The summed E-state index contributed by atoms with van der Waals surface area (Å²) in [6, 6.07) is 9.36. The number of nitrogens with zero attached hydrogens (tertiary/aromatic N) is 2. The number of rotatable bonds is 2. The average Bonchev–Trinajstić information content (AvgIpc) is 2.94. The first-order valence-electron chi connectivity index (χ1n) is 9.07. The maximum absolute atomic E-state index is 13.0. The van der Waals surface area contributed by atoms with Crippen LogP contribution in [0.5, 0.6) is 5.75 Å². The molecule has 0 spiro atoms. The first-order valence-corrected chi connectivity index (χ1v) is 9.07. The second-order valence-electron chi connectivity index (χ2n) is 7.57. The standard InChI is InChI=1S/C21H22N2O4/c1-13-7-16(9-22-14(13)2)19(24)23-10-17-11-27-18-6-4-3-5-15(18)8-21(17,12-23)20(25)26/h3-7,9,17H,8,10-12H2,1-2H3,(H,25,26). The van der Waals surface area contributed by atoms with Gasteiger partial charge in [-0.2, -0.15) is 0 Å². The zero-order chi connectivity index (χ0) is 19.2. The Balaban J connectivity index is 1.66. The van der Waals surface area contributed by atoms with Gasteiger partial charge in [0, 0.05) is 30.9 Å². The Bertz CT molecular complexity index is 926. The number of hydrogen-bond donors (Lipinski definition) is 1. The predicted molar refractivity (Wildman–Crippen MR) is 98.8 cm³/mol. The van der Waals surface area contributed by atoms with Crippen LogP contribution in [0.2, 0.25) is 0 Å². The zero-order valence-electron chi connectivity index (χ0n) is 15.4. The highest BCUT2D eigenvalue weighted by Crippen LogP contribution is 2.44. The largest absolute Gasteiger partial charge is 0.493 e. The number of likely N-dealkylation sites (tertiary alicyclic amines) is 1. The number of fused-ring (bicyclic) bond motifs is 2. The Morgan fingerprint density at radius 1 is 1.30 bits per heavy atom. The van der Waals surface area contributed by atoms with E-state index in [1.807, 2.05) is 44.2 Å². The lowest BCUT2D eigenvalue weighted by molar-refractivity contribution is -0.150. The molecule has 140 valence electrons. The molecule has 1 amide bonds. The van der Waals surface area contributed by atoms with Gasteiger partial charge in [-0.25, -0.2) is 0 Å². The molecule has 1 aromatic heterocycles. The zero-order valence-corrected chi connectivity index (χ0v) is 15.4. The number of aromatic nitrogens is 1. The Labute approximate surface area is 157 Å². The van der Waals surface area contributed by atoms with Crippen molar-refractivity contribution < 1.29 is 19.4 Å². The molecule has 2 aromatic rings. The van der Waals surface area contributed by atoms with Gasteiger partial charge in [0.25, 0.3) is 5.91 Å². The number of pyridine rings is 1. The first kappa shape index (κ1) is 17.5. The summed E-state index contributed by atoms with van der Waals surface area (Å²) in [5.74, 6) is -0.566. The van der Waals surface area contributed by atoms with E-state index in [4.69, 9.17) is 4.74 Å². The number of carboxylic acids is 1. The van der Waals surface area contributed by atoms with Crippen molar-refractivity contribution >= 4 is 11.9 Å². The van der Waals surface area contributed by atoms with E-state index in [2.05, 4.69) is 4.98 Å². The summed E-state index contributed by atoms with van der Waals surface area (Å²) in [5.41, 5.74) is 2.17. The molecular weight excluding hydrogens is 344 g/mol. The summed E-state index contributed by atoms with van der Waals surface area (Å²) in [5, 5.41) is 10.1. The molecule has 1 aromatic carbocycles. The molecule has 1 fully saturated rings. The van der Waals surface area contributed by atoms with Crippen LogP contribution in [0.15, 0.2) is 36.5 Å². The molecule has 3 heterocycles. The smallest absolute Gasteiger partial charge is 0.312 e. The van der Waals surface area contributed by atoms with E-state index in [0.29, 0.717) is 18.5 Å². The SMILES string of the molecule is Cc1cc(C(=O)N2CC3COc4ccccc4CC3(C(=O)O)C2)cnc1C. The highest BCUT2D eigenvalue weighted by atomic mass is 16.5. The van der Waals surface area contributed by atoms with Crippen LogP contribution in [0.3, 0.4) is 0 Å². The van der Waals surface area contributed by atoms with Gasteiger partial charge in [-0.15, -0.1) is 0 Å². The molecule has 2 aliphatic rings. The van der Waals surface area contributed by atoms with Crippen molar-refractivity contribution in [3.8, 4) is 5.75 Å². The molecule has 0 radical (unpaired) electrons. The minimum Gasteiger partial charge on any atom is -0.493 e. The Hall–Kier alpha value is -2.89. The Morgan fingerprint density at radius 3 is 2.81 bits per heavy atom. The fourth-order valence-corrected chi connectivity index (χ4v) is 4.12. The Morgan fingerprint density at radius 2 is 2.07 bits per heavy atom. The summed E-state index contributed by atoms with van der Waals surface area (Å²) < 4.78 is 5.89. The van der Waals surface area contributed by atoms with Crippen molar-refractivity contribution in [1.29, 1.82) is 0 Å². The van der Waals surface area contributed by atoms with Gasteiger partial charge in [0.15, 0.2) is 0 Å². The van der Waals surface area contributed by atoms with Crippen LogP contribution >= 0.6 is 0 Å². The van der Waals surface area contributed by atoms with Crippen LogP contribution in [0.25, 0.3) is 0 Å². The number of aliphatic carboxylic acids is 1. The molecule has 0 bridgehead atoms. The second kappa shape index (κ2) is 6.37. The second-order valence-corrected chi connectivity index (χ2v) is 7.57. The van der Waals surface area contributed by atoms with Crippen LogP contribution in [0.4, 0.5) is 0 Å². The van der Waals surface area contributed by atoms with Crippen molar-refractivity contribution in [3.05, 3.63) is 58.9 Å². The molecule has 2 aliphatic heterocycles. The number of ether oxygens (including phenoxy) is 1. The van der Waals surface area contributed by atoms with E-state index in [9.17, 15) is 14.7 Å². The third-order valence-electron chi connectivity index (χ3n) is 5.91. The average molecular weight is 366 g/mol. The van der Waals surface area contributed by atoms with Crippen molar-refractivity contribution in [2.75, 3.05) is 19.7 Å². The van der Waals surface area contributed by atoms with Gasteiger partial charge in [-0.3, -0.25) is 14.6 Å². The number of carbonyl (C=O) groups excluding carboxylic acids is 1. The number of carbonyl (C=O) groups is 2. The quantitative estimate of drug-likeness (QED) is 0.883. The summed E-state index contributed by atoms with van der Waals surface area (Å²) in [7, 11) is 0. The van der Waals surface area contributed by atoms with E-state index in [0.717, 1.165) is 22.6 Å². The highest BCUT2D eigenvalue weighted by molar-refractivity contribution is 5.95. The number of amides is 1. The van der Waals surface area contributed by atoms with Crippen LogP contribution in [-0.4, -0.2) is 46.6 Å². The van der Waals surface area contributed by atoms with E-state index in [1.165, 1.54) is 0 Å². The highest BCUT2D eigenvalue weighted by Gasteiger charge is 2.55. The molecule has 6 heteroatoms. The lowest BCUT2D eigenvalue weighted by Crippen LogP contribution is -2.42. The lowest BCUT2D eigenvalue weighted by atomic mass is 9.74. The van der Waals surface area contributed by atoms with E-state index < -0.39 is 11.4 Å². The fraction of sp³-hybridized carbons (Fsp3) is 0.381. The third-order valence-corrected chi connectivity index (χ3v) is 5.91. The van der Waals surface area contributed by atoms with Crippen LogP contribution in [-0.2, 0) is 11.2 Å². The van der Waals surface area contributed by atoms with Gasteiger partial charge >= 0.3 is 5.97 Å². The van der Waals surface area contributed by atoms with Crippen molar-refractivity contribution in [2.24, 2.45) is 11.3 Å². The van der Waals surface area contributed by atoms with E-state index >= 15 is 0 Å². The minimum atomic E-state index is -1.03. The van der Waals surface area contributed by atoms with Crippen molar-refractivity contribution in [2.45, 2.75) is 20.3 Å². The summed E-state index contributed by atoms with van der Waals surface area (Å²) in [4.78, 5) is 31.2. The molecular formula is C21H22N2O4. The molecule has 27 heavy (non-hydrogen) atoms. The Kier molecular flexibility index (Phi) is 4.13. The summed E-state index contributed by atoms with van der Waals surface area (Å²) >= 11 is 0. The lowest BCUT2D eigenvalue weighted by Gasteiger charge is -2.27. The normalized spacial score (nSPS) is 23.8. The van der Waals surface area contributed by atoms with E-state index in [1.54, 1.807) is 11.1 Å². The van der Waals surface area contributed by atoms with E-state index in [-0.39, 0.29) is 25.0 Å². The van der Waals surface area contributed by atoms with Gasteiger partial charge in [-0.1, -0.05) is 18.2 Å². The molecule has 0 aliphatic carbocycles. The number of aryl methyl sites for hydroxylation is 2. The topological polar surface area (TPSA) is 79.7 Å². The molecule has 0 saturated carbocycles. The molecule has 6 nitrogen and oxygen atoms in total. The molecule has 2 unspecified atom stereocenters. The minimum absolute atomic E-state index is 0.174. The molecule has 1 N–H and O–H groups in total. The first-order chi connectivity index (χ1) is 12.9. The van der Waals surface area contributed by atoms with Gasteiger partial charge in [0.05, 0.1) is 17.6 Å². The van der Waals surface area contributed by atoms with Crippen LogP contribution in [0.1, 0.15) is 27.2 Å². The maximum atomic E-state index is 13.0. The van der Waals surface area contributed by atoms with Gasteiger partial charge in [0.2, 0.25) is 0 Å². The van der Waals surface area contributed by atoms with Crippen molar-refractivity contribution in [3.63, 3.8) is 0 Å². The number of hydrogen-bond acceptors (Lipinski definition) is 4. The maximum Gasteiger partial charge on any atom is 0.312 e. The van der Waals surface area contributed by atoms with Gasteiger partial charge in [0.1, 0.15) is 5.75 Å². The van der Waals surface area contributed by atoms with Crippen LogP contribution in [0, 0.1) is 25.2 Å². The van der Waals surface area contributed by atoms with Gasteiger partial charge in [-0.05, 0) is 43.5 Å². The summed E-state index contributed by atoms with van der Waals surface area (Å²) in [6.07, 6.45) is 1.93. The number of carboxylic acid groups (broad SMARTS) is 1. The van der Waals surface area contributed by atoms with Crippen LogP contribution < -0.4 is 4.74 Å². The number of benzene rings is 1.